The van der Waals surface area contributed by atoms with E-state index in [0.29, 0.717) is 5.88 Å². The Morgan fingerprint density at radius 2 is 2.28 bits per heavy atom. The Balaban J connectivity index is 1.78. The molecule has 0 saturated carbocycles. The summed E-state index contributed by atoms with van der Waals surface area (Å²) in [5.74, 6) is 0.698. The first-order valence-electron chi connectivity index (χ1n) is 5.72. The molecular formula is C13H15BrN2OS. The zero-order chi connectivity index (χ0) is 12.8. The van der Waals surface area contributed by atoms with Crippen LogP contribution in [-0.2, 0) is 13.0 Å². The summed E-state index contributed by atoms with van der Waals surface area (Å²) in [7, 11) is 1.65. The fourth-order valence-corrected chi connectivity index (χ4v) is 3.15. The molecule has 3 nitrogen and oxygen atoms in total. The number of nitrogens with zero attached hydrogens (tertiary/aromatic N) is 1. The molecule has 0 atom stereocenters. The molecule has 0 saturated heterocycles. The third kappa shape index (κ3) is 3.80. The zero-order valence-electron chi connectivity index (χ0n) is 10.1. The lowest BCUT2D eigenvalue weighted by molar-refractivity contribution is 0.390. The summed E-state index contributed by atoms with van der Waals surface area (Å²) in [5, 5.41) is 3.41. The minimum atomic E-state index is 0.698. The monoisotopic (exact) mass is 326 g/mol. The maximum atomic E-state index is 5.21. The summed E-state index contributed by atoms with van der Waals surface area (Å²) in [5.41, 5.74) is 1.09. The number of hydrogen-bond acceptors (Lipinski definition) is 4. The highest BCUT2D eigenvalue weighted by atomic mass is 79.9. The van der Waals surface area contributed by atoms with Crippen molar-refractivity contribution in [1.29, 1.82) is 0 Å². The van der Waals surface area contributed by atoms with E-state index in [1.54, 1.807) is 24.6 Å². The minimum Gasteiger partial charge on any atom is -0.481 e. The number of aromatic nitrogens is 1. The molecule has 0 bridgehead atoms. The SMILES string of the molecule is COc1ncccc1CNCCc1ccc(Br)s1. The second-order valence-electron chi connectivity index (χ2n) is 3.80. The van der Waals surface area contributed by atoms with Gasteiger partial charge in [-0.2, -0.15) is 0 Å². The van der Waals surface area contributed by atoms with Gasteiger partial charge in [0.2, 0.25) is 5.88 Å². The van der Waals surface area contributed by atoms with Gasteiger partial charge in [0.15, 0.2) is 0 Å². The molecule has 2 aromatic heterocycles. The highest BCUT2D eigenvalue weighted by molar-refractivity contribution is 9.11. The normalized spacial score (nSPS) is 10.6. The fourth-order valence-electron chi connectivity index (χ4n) is 1.66. The number of rotatable bonds is 6. The number of methoxy groups -OCH3 is 1. The molecule has 0 fully saturated rings. The first-order chi connectivity index (χ1) is 8.79. The zero-order valence-corrected chi connectivity index (χ0v) is 12.6. The van der Waals surface area contributed by atoms with E-state index in [4.69, 9.17) is 4.74 Å². The van der Waals surface area contributed by atoms with Crippen LogP contribution in [0.4, 0.5) is 0 Å². The quantitative estimate of drug-likeness (QED) is 0.827. The molecule has 2 heterocycles. The van der Waals surface area contributed by atoms with Crippen LogP contribution in [0, 0.1) is 0 Å². The lowest BCUT2D eigenvalue weighted by Crippen LogP contribution is -2.17. The van der Waals surface area contributed by atoms with E-state index < -0.39 is 0 Å². The van der Waals surface area contributed by atoms with Crippen molar-refractivity contribution in [3.63, 3.8) is 0 Å². The lowest BCUT2D eigenvalue weighted by atomic mass is 10.2. The van der Waals surface area contributed by atoms with Crippen LogP contribution < -0.4 is 10.1 Å². The van der Waals surface area contributed by atoms with Gasteiger partial charge in [-0.25, -0.2) is 4.98 Å². The van der Waals surface area contributed by atoms with Gasteiger partial charge >= 0.3 is 0 Å². The van der Waals surface area contributed by atoms with Crippen molar-refractivity contribution < 1.29 is 4.74 Å². The second kappa shape index (κ2) is 6.87. The fraction of sp³-hybridized carbons (Fsp3) is 0.308. The highest BCUT2D eigenvalue weighted by Gasteiger charge is 2.02. The standard InChI is InChI=1S/C13H15BrN2OS/c1-17-13-10(3-2-7-16-13)9-15-8-6-11-4-5-12(14)18-11/h2-5,7,15H,6,8-9H2,1H3. The van der Waals surface area contributed by atoms with Gasteiger partial charge in [-0.05, 0) is 40.5 Å². The Labute approximate surface area is 119 Å². The predicted molar refractivity (Wildman–Crippen MR) is 78.2 cm³/mol. The molecule has 1 N–H and O–H groups in total. The summed E-state index contributed by atoms with van der Waals surface area (Å²) < 4.78 is 6.40. The molecule has 5 heteroatoms. The van der Waals surface area contributed by atoms with E-state index in [-0.39, 0.29) is 0 Å². The van der Waals surface area contributed by atoms with E-state index in [1.807, 2.05) is 12.1 Å². The van der Waals surface area contributed by atoms with Crippen molar-refractivity contribution in [2.75, 3.05) is 13.7 Å². The third-order valence-electron chi connectivity index (χ3n) is 2.54. The molecule has 18 heavy (non-hydrogen) atoms. The van der Waals surface area contributed by atoms with Gasteiger partial charge in [-0.1, -0.05) is 6.07 Å². The molecule has 0 spiro atoms. The number of pyridine rings is 1. The van der Waals surface area contributed by atoms with Crippen LogP contribution in [-0.4, -0.2) is 18.6 Å². The minimum absolute atomic E-state index is 0.698. The van der Waals surface area contributed by atoms with Crippen molar-refractivity contribution in [2.24, 2.45) is 0 Å². The van der Waals surface area contributed by atoms with Crippen molar-refractivity contribution in [1.82, 2.24) is 10.3 Å². The van der Waals surface area contributed by atoms with Crippen molar-refractivity contribution >= 4 is 27.3 Å². The first-order valence-corrected chi connectivity index (χ1v) is 7.33. The summed E-state index contributed by atoms with van der Waals surface area (Å²) in [6, 6.07) is 8.20. The molecule has 2 rings (SSSR count). The first kappa shape index (κ1) is 13.5. The van der Waals surface area contributed by atoms with Crippen LogP contribution in [0.3, 0.4) is 0 Å². The third-order valence-corrected chi connectivity index (χ3v) is 4.22. The number of ether oxygens (including phenoxy) is 1. The van der Waals surface area contributed by atoms with E-state index >= 15 is 0 Å². The van der Waals surface area contributed by atoms with Crippen LogP contribution in [0.25, 0.3) is 0 Å². The van der Waals surface area contributed by atoms with Gasteiger partial charge in [0.25, 0.3) is 0 Å². The van der Waals surface area contributed by atoms with Crippen LogP contribution in [0.2, 0.25) is 0 Å². The van der Waals surface area contributed by atoms with E-state index in [9.17, 15) is 0 Å². The molecule has 96 valence electrons. The Bertz CT molecular complexity index is 501. The molecule has 0 radical (unpaired) electrons. The Morgan fingerprint density at radius 1 is 1.39 bits per heavy atom. The van der Waals surface area contributed by atoms with Gasteiger partial charge in [0.1, 0.15) is 0 Å². The summed E-state index contributed by atoms with van der Waals surface area (Å²) in [6.45, 7) is 1.73. The van der Waals surface area contributed by atoms with Gasteiger partial charge in [-0.3, -0.25) is 0 Å². The molecular weight excluding hydrogens is 312 g/mol. The van der Waals surface area contributed by atoms with Crippen LogP contribution >= 0.6 is 27.3 Å². The highest BCUT2D eigenvalue weighted by Crippen LogP contribution is 2.22. The molecule has 0 aliphatic heterocycles. The lowest BCUT2D eigenvalue weighted by Gasteiger charge is -2.07. The Hall–Kier alpha value is -0.910. The Morgan fingerprint density at radius 3 is 3.00 bits per heavy atom. The molecule has 2 aromatic rings. The summed E-state index contributed by atoms with van der Waals surface area (Å²) in [6.07, 6.45) is 2.78. The average Bonchev–Trinajstić information content (AvgIpc) is 2.81. The predicted octanol–water partition coefficient (Wildman–Crippen LogP) is 3.25. The van der Waals surface area contributed by atoms with E-state index in [2.05, 4.69) is 38.4 Å². The second-order valence-corrected chi connectivity index (χ2v) is 6.35. The van der Waals surface area contributed by atoms with Crippen molar-refractivity contribution in [3.05, 3.63) is 44.7 Å². The maximum Gasteiger partial charge on any atom is 0.217 e. The number of thiophene rings is 1. The molecule has 0 aliphatic carbocycles. The van der Waals surface area contributed by atoms with Crippen LogP contribution in [0.1, 0.15) is 10.4 Å². The maximum absolute atomic E-state index is 5.21. The average molecular weight is 327 g/mol. The van der Waals surface area contributed by atoms with Gasteiger partial charge in [-0.15, -0.1) is 11.3 Å². The van der Waals surface area contributed by atoms with E-state index in [0.717, 1.165) is 25.1 Å². The smallest absolute Gasteiger partial charge is 0.217 e. The van der Waals surface area contributed by atoms with Gasteiger partial charge in [0, 0.05) is 29.7 Å². The van der Waals surface area contributed by atoms with E-state index in [1.165, 1.54) is 8.66 Å². The number of halogens is 1. The summed E-state index contributed by atoms with van der Waals surface area (Å²) >= 11 is 5.25. The molecule has 0 unspecified atom stereocenters. The van der Waals surface area contributed by atoms with Gasteiger partial charge in [0.05, 0.1) is 10.9 Å². The molecule has 0 aromatic carbocycles. The Kier molecular flexibility index (Phi) is 5.16. The topological polar surface area (TPSA) is 34.1 Å². The van der Waals surface area contributed by atoms with Gasteiger partial charge < -0.3 is 10.1 Å². The largest absolute Gasteiger partial charge is 0.481 e. The van der Waals surface area contributed by atoms with Crippen molar-refractivity contribution in [3.8, 4) is 5.88 Å². The van der Waals surface area contributed by atoms with Crippen LogP contribution in [0.15, 0.2) is 34.2 Å². The molecule has 0 amide bonds. The molecule has 0 aliphatic rings. The van der Waals surface area contributed by atoms with Crippen molar-refractivity contribution in [2.45, 2.75) is 13.0 Å². The number of nitrogens with one attached hydrogen (secondary N) is 1. The number of hydrogen-bond donors (Lipinski definition) is 1. The van der Waals surface area contributed by atoms with Crippen LogP contribution in [0.5, 0.6) is 5.88 Å². The summed E-state index contributed by atoms with van der Waals surface area (Å²) in [4.78, 5) is 5.55.